The SMILES string of the molecule is CC(=NOCc1c(Cl)cccc1NC(=O)N1C=N1)c1cccc(C(F)(F)F)c1. The van der Waals surface area contributed by atoms with E-state index in [0.717, 1.165) is 17.1 Å². The number of halogens is 4. The third-order valence-electron chi connectivity index (χ3n) is 3.82. The number of anilines is 1. The molecule has 0 spiro atoms. The van der Waals surface area contributed by atoms with Crippen molar-refractivity contribution in [1.29, 1.82) is 0 Å². The average molecular weight is 411 g/mol. The Hall–Kier alpha value is -3.07. The Labute approximate surface area is 163 Å². The van der Waals surface area contributed by atoms with Crippen molar-refractivity contribution in [2.24, 2.45) is 10.3 Å². The Morgan fingerprint density at radius 1 is 1.29 bits per heavy atom. The van der Waals surface area contributed by atoms with E-state index >= 15 is 0 Å². The van der Waals surface area contributed by atoms with E-state index in [2.05, 4.69) is 15.6 Å². The van der Waals surface area contributed by atoms with Crippen LogP contribution in [0.1, 0.15) is 23.6 Å². The minimum Gasteiger partial charge on any atom is -0.391 e. The number of alkyl halides is 3. The Morgan fingerprint density at radius 3 is 2.68 bits per heavy atom. The van der Waals surface area contributed by atoms with Gasteiger partial charge in [0.15, 0.2) is 0 Å². The molecule has 0 aromatic heterocycles. The normalized spacial score (nSPS) is 13.5. The van der Waals surface area contributed by atoms with Crippen LogP contribution in [-0.4, -0.2) is 23.1 Å². The van der Waals surface area contributed by atoms with E-state index in [1.807, 2.05) is 0 Å². The third kappa shape index (κ3) is 4.80. The minimum absolute atomic E-state index is 0.0908. The number of amides is 2. The lowest BCUT2D eigenvalue weighted by Crippen LogP contribution is -2.20. The Balaban J connectivity index is 1.71. The van der Waals surface area contributed by atoms with Crippen molar-refractivity contribution < 1.29 is 22.8 Å². The molecule has 146 valence electrons. The molecule has 1 aliphatic heterocycles. The number of hydrogen-bond donors (Lipinski definition) is 1. The number of carbonyl (C=O) groups excluding carboxylic acids is 1. The van der Waals surface area contributed by atoms with E-state index in [4.69, 9.17) is 16.4 Å². The van der Waals surface area contributed by atoms with E-state index in [1.165, 1.54) is 25.4 Å². The summed E-state index contributed by atoms with van der Waals surface area (Å²) < 4.78 is 38.5. The molecule has 0 unspecified atom stereocenters. The number of oxime groups is 1. The van der Waals surface area contributed by atoms with Gasteiger partial charge in [-0.2, -0.15) is 23.3 Å². The Kier molecular flexibility index (Phi) is 5.55. The summed E-state index contributed by atoms with van der Waals surface area (Å²) in [5.74, 6) is 0. The summed E-state index contributed by atoms with van der Waals surface area (Å²) >= 11 is 6.16. The van der Waals surface area contributed by atoms with Gasteiger partial charge in [0, 0.05) is 10.6 Å². The maximum Gasteiger partial charge on any atom is 0.416 e. The largest absolute Gasteiger partial charge is 0.416 e. The monoisotopic (exact) mass is 410 g/mol. The summed E-state index contributed by atoms with van der Waals surface area (Å²) in [4.78, 5) is 17.1. The highest BCUT2D eigenvalue weighted by Gasteiger charge is 2.30. The standard InChI is InChI=1S/C18H14ClF3N4O2/c1-11(12-4-2-5-13(8-12)18(20,21)22)25-28-9-14-15(19)6-3-7-16(14)24-17(27)26-10-23-26/h2-8,10H,9H2,1H3,(H,24,27). The van der Waals surface area contributed by atoms with Crippen LogP contribution in [-0.2, 0) is 17.6 Å². The van der Waals surface area contributed by atoms with Crippen molar-refractivity contribution in [3.63, 3.8) is 0 Å². The van der Waals surface area contributed by atoms with Gasteiger partial charge in [-0.15, -0.1) is 0 Å². The lowest BCUT2D eigenvalue weighted by molar-refractivity contribution is -0.137. The van der Waals surface area contributed by atoms with Gasteiger partial charge in [-0.3, -0.25) is 0 Å². The first-order valence-electron chi connectivity index (χ1n) is 8.01. The zero-order valence-electron chi connectivity index (χ0n) is 14.5. The smallest absolute Gasteiger partial charge is 0.391 e. The molecule has 28 heavy (non-hydrogen) atoms. The number of benzene rings is 2. The molecule has 0 radical (unpaired) electrons. The molecule has 1 aliphatic rings. The predicted octanol–water partition coefficient (Wildman–Crippen LogP) is 5.09. The molecule has 1 N–H and O–H groups in total. The fourth-order valence-corrected chi connectivity index (χ4v) is 2.52. The van der Waals surface area contributed by atoms with Crippen LogP contribution in [0, 0.1) is 0 Å². The van der Waals surface area contributed by atoms with Crippen LogP contribution in [0.5, 0.6) is 0 Å². The van der Waals surface area contributed by atoms with E-state index in [1.54, 1.807) is 18.2 Å². The van der Waals surface area contributed by atoms with Crippen LogP contribution in [0.4, 0.5) is 23.7 Å². The van der Waals surface area contributed by atoms with Crippen LogP contribution >= 0.6 is 11.6 Å². The first kappa shape index (κ1) is 19.7. The van der Waals surface area contributed by atoms with E-state index in [-0.39, 0.29) is 17.9 Å². The molecular formula is C18H14ClF3N4O2. The third-order valence-corrected chi connectivity index (χ3v) is 4.17. The maximum absolute atomic E-state index is 12.8. The first-order chi connectivity index (χ1) is 13.3. The first-order valence-corrected chi connectivity index (χ1v) is 8.39. The Morgan fingerprint density at radius 2 is 2.00 bits per heavy atom. The number of nitrogens with one attached hydrogen (secondary N) is 1. The molecule has 0 saturated heterocycles. The van der Waals surface area contributed by atoms with Gasteiger partial charge in [-0.1, -0.05) is 35.0 Å². The predicted molar refractivity (Wildman–Crippen MR) is 99.2 cm³/mol. The summed E-state index contributed by atoms with van der Waals surface area (Å²) in [6.07, 6.45) is -3.10. The zero-order valence-corrected chi connectivity index (χ0v) is 15.3. The number of urea groups is 1. The molecule has 0 saturated carbocycles. The topological polar surface area (TPSA) is 66.1 Å². The number of rotatable bonds is 5. The maximum atomic E-state index is 12.8. The molecule has 0 atom stereocenters. The van der Waals surface area contributed by atoms with E-state index in [0.29, 0.717) is 16.3 Å². The van der Waals surface area contributed by atoms with E-state index in [9.17, 15) is 18.0 Å². The molecule has 2 amide bonds. The number of nitrogens with zero attached hydrogens (tertiary/aromatic N) is 3. The van der Waals surface area contributed by atoms with Crippen molar-refractivity contribution in [1.82, 2.24) is 5.01 Å². The summed E-state index contributed by atoms with van der Waals surface area (Å²) in [5, 5.41) is 11.6. The second-order valence-electron chi connectivity index (χ2n) is 5.80. The van der Waals surface area contributed by atoms with Gasteiger partial charge in [-0.25, -0.2) is 4.79 Å². The molecule has 1 heterocycles. The van der Waals surface area contributed by atoms with E-state index < -0.39 is 17.8 Å². The van der Waals surface area contributed by atoms with Gasteiger partial charge in [-0.05, 0) is 36.8 Å². The minimum atomic E-state index is -4.44. The van der Waals surface area contributed by atoms with Gasteiger partial charge in [0.2, 0.25) is 0 Å². The molecular weight excluding hydrogens is 397 g/mol. The van der Waals surface area contributed by atoms with Gasteiger partial charge in [0.25, 0.3) is 0 Å². The zero-order chi connectivity index (χ0) is 20.3. The van der Waals surface area contributed by atoms with Gasteiger partial charge >= 0.3 is 12.2 Å². The van der Waals surface area contributed by atoms with Crippen molar-refractivity contribution in [3.8, 4) is 0 Å². The Bertz CT molecular complexity index is 954. The highest BCUT2D eigenvalue weighted by Crippen LogP contribution is 2.30. The average Bonchev–Trinajstić information content (AvgIpc) is 3.48. The van der Waals surface area contributed by atoms with Gasteiger partial charge in [0.05, 0.1) is 17.0 Å². The molecule has 0 fully saturated rings. The van der Waals surface area contributed by atoms with Crippen molar-refractivity contribution >= 4 is 35.4 Å². The second kappa shape index (κ2) is 7.89. The fraction of sp³-hybridized carbons (Fsp3) is 0.167. The van der Waals surface area contributed by atoms with Crippen LogP contribution in [0.15, 0.2) is 52.7 Å². The second-order valence-corrected chi connectivity index (χ2v) is 6.21. The van der Waals surface area contributed by atoms with Crippen LogP contribution in [0.3, 0.4) is 0 Å². The van der Waals surface area contributed by atoms with Crippen LogP contribution in [0.2, 0.25) is 5.02 Å². The van der Waals surface area contributed by atoms with Crippen LogP contribution in [0.25, 0.3) is 0 Å². The molecule has 2 aromatic carbocycles. The summed E-state index contributed by atoms with van der Waals surface area (Å²) in [6, 6.07) is 9.23. The molecule has 6 nitrogen and oxygen atoms in total. The molecule has 0 bridgehead atoms. The number of hydrogen-bond acceptors (Lipinski definition) is 4. The molecule has 2 aromatic rings. The number of carbonyl (C=O) groups is 1. The lowest BCUT2D eigenvalue weighted by atomic mass is 10.1. The number of hydrazone groups is 1. The van der Waals surface area contributed by atoms with Gasteiger partial charge < -0.3 is 10.2 Å². The molecule has 0 aliphatic carbocycles. The highest BCUT2D eigenvalue weighted by molar-refractivity contribution is 6.31. The van der Waals surface area contributed by atoms with Crippen molar-refractivity contribution in [3.05, 3.63) is 64.2 Å². The van der Waals surface area contributed by atoms with Crippen LogP contribution < -0.4 is 5.32 Å². The van der Waals surface area contributed by atoms with Crippen molar-refractivity contribution in [2.45, 2.75) is 19.7 Å². The quantitative estimate of drug-likeness (QED) is 0.551. The lowest BCUT2D eigenvalue weighted by Gasteiger charge is -2.12. The summed E-state index contributed by atoms with van der Waals surface area (Å²) in [7, 11) is 0. The molecule has 3 rings (SSSR count). The fourth-order valence-electron chi connectivity index (χ4n) is 2.29. The van der Waals surface area contributed by atoms with Gasteiger partial charge in [0.1, 0.15) is 12.9 Å². The molecule has 10 heteroatoms. The summed E-state index contributed by atoms with van der Waals surface area (Å²) in [5.41, 5.74) is 0.662. The summed E-state index contributed by atoms with van der Waals surface area (Å²) in [6.45, 7) is 1.44. The highest BCUT2D eigenvalue weighted by atomic mass is 35.5. The van der Waals surface area contributed by atoms with Crippen molar-refractivity contribution in [2.75, 3.05) is 5.32 Å².